The summed E-state index contributed by atoms with van der Waals surface area (Å²) < 4.78 is 26.6. The lowest BCUT2D eigenvalue weighted by Gasteiger charge is -2.14. The van der Waals surface area contributed by atoms with E-state index in [9.17, 15) is 9.18 Å². The summed E-state index contributed by atoms with van der Waals surface area (Å²) in [6.07, 6.45) is 5.00. The van der Waals surface area contributed by atoms with Crippen LogP contribution in [0.1, 0.15) is 19.3 Å². The molecule has 8 heteroatoms. The van der Waals surface area contributed by atoms with Crippen LogP contribution in [0.3, 0.4) is 0 Å². The van der Waals surface area contributed by atoms with Crippen LogP contribution in [0.4, 0.5) is 4.39 Å². The Kier molecular flexibility index (Phi) is 4.99. The number of rotatable bonds is 5. The molecule has 2 heterocycles. The molecule has 2 atom stereocenters. The number of benzene rings is 2. The Balaban J connectivity index is 1.36. The van der Waals surface area contributed by atoms with Gasteiger partial charge in [-0.05, 0) is 61.4 Å². The van der Waals surface area contributed by atoms with E-state index in [-0.39, 0.29) is 23.6 Å². The average Bonchev–Trinajstić information content (AvgIpc) is 3.44. The first-order chi connectivity index (χ1) is 15.1. The second kappa shape index (κ2) is 7.96. The number of fused-ring (bicyclic) bond motifs is 1. The lowest BCUT2D eigenvalue weighted by Crippen LogP contribution is -2.14. The minimum atomic E-state index is -0.369. The number of H-pyrrole nitrogens is 1. The van der Waals surface area contributed by atoms with Crippen molar-refractivity contribution in [2.75, 3.05) is 7.11 Å². The van der Waals surface area contributed by atoms with Gasteiger partial charge in [0.05, 0.1) is 23.6 Å². The van der Waals surface area contributed by atoms with Gasteiger partial charge in [0.25, 0.3) is 5.56 Å². The number of aromatic amines is 1. The van der Waals surface area contributed by atoms with Crippen molar-refractivity contribution in [3.05, 3.63) is 70.9 Å². The topological polar surface area (TPSA) is 82.0 Å². The Bertz CT molecular complexity index is 1280. The van der Waals surface area contributed by atoms with Crippen molar-refractivity contribution in [2.24, 2.45) is 0 Å². The minimum Gasteiger partial charge on any atom is -0.490 e. The summed E-state index contributed by atoms with van der Waals surface area (Å²) in [5.41, 5.74) is 1.79. The van der Waals surface area contributed by atoms with Crippen molar-refractivity contribution in [1.82, 2.24) is 20.0 Å². The van der Waals surface area contributed by atoms with Crippen molar-refractivity contribution >= 4 is 10.9 Å². The molecule has 1 aliphatic rings. The number of hydrogen-bond acceptors (Lipinski definition) is 5. The Morgan fingerprint density at radius 1 is 1.10 bits per heavy atom. The molecule has 0 unspecified atom stereocenters. The smallest absolute Gasteiger partial charge is 0.258 e. The number of aromatic nitrogens is 4. The standard InChI is InChI=1S/C23H21FN4O3/c1-30-18-7-8-19(12-18)31-17-5-3-16(4-6-17)28-13-22(26-27-28)20-11-14-10-15(24)2-9-21(14)25-23(20)29/h2-6,9-11,13,18-19H,7-8,12H2,1H3,(H,25,29)/t18-,19+/m0/s1. The van der Waals surface area contributed by atoms with Gasteiger partial charge in [-0.3, -0.25) is 4.79 Å². The molecule has 2 aromatic carbocycles. The van der Waals surface area contributed by atoms with Crippen LogP contribution in [0, 0.1) is 5.82 Å². The van der Waals surface area contributed by atoms with Crippen LogP contribution >= 0.6 is 0 Å². The number of ether oxygens (including phenoxy) is 2. The summed E-state index contributed by atoms with van der Waals surface area (Å²) in [5, 5.41) is 8.86. The molecule has 0 aliphatic heterocycles. The molecule has 0 radical (unpaired) electrons. The highest BCUT2D eigenvalue weighted by Crippen LogP contribution is 2.27. The summed E-state index contributed by atoms with van der Waals surface area (Å²) in [5.74, 6) is 0.422. The van der Waals surface area contributed by atoms with E-state index in [4.69, 9.17) is 9.47 Å². The molecule has 0 saturated heterocycles. The van der Waals surface area contributed by atoms with Gasteiger partial charge in [-0.1, -0.05) is 5.21 Å². The first kappa shape index (κ1) is 19.4. The molecule has 2 aromatic heterocycles. The van der Waals surface area contributed by atoms with Crippen LogP contribution in [0.5, 0.6) is 5.75 Å². The normalized spacial score (nSPS) is 18.5. The molecule has 31 heavy (non-hydrogen) atoms. The molecule has 0 amide bonds. The fourth-order valence-corrected chi connectivity index (χ4v) is 3.97. The van der Waals surface area contributed by atoms with E-state index in [0.717, 1.165) is 30.7 Å². The number of nitrogens with zero attached hydrogens (tertiary/aromatic N) is 3. The molecule has 1 N–H and O–H groups in total. The Morgan fingerprint density at radius 3 is 2.68 bits per heavy atom. The van der Waals surface area contributed by atoms with Gasteiger partial charge >= 0.3 is 0 Å². The summed E-state index contributed by atoms with van der Waals surface area (Å²) in [7, 11) is 1.73. The Morgan fingerprint density at radius 2 is 1.90 bits per heavy atom. The van der Waals surface area contributed by atoms with Crippen LogP contribution in [0.25, 0.3) is 27.8 Å². The predicted molar refractivity (Wildman–Crippen MR) is 114 cm³/mol. The van der Waals surface area contributed by atoms with E-state index in [1.807, 2.05) is 24.3 Å². The quantitative estimate of drug-likeness (QED) is 0.530. The van der Waals surface area contributed by atoms with E-state index in [1.165, 1.54) is 18.2 Å². The molecule has 1 fully saturated rings. The molecule has 0 spiro atoms. The summed E-state index contributed by atoms with van der Waals surface area (Å²) in [6.45, 7) is 0. The molecular weight excluding hydrogens is 399 g/mol. The lowest BCUT2D eigenvalue weighted by atomic mass is 10.1. The van der Waals surface area contributed by atoms with Crippen LogP contribution in [0.15, 0.2) is 59.5 Å². The second-order valence-corrected chi connectivity index (χ2v) is 7.70. The maximum atomic E-state index is 13.6. The Hall–Kier alpha value is -3.52. The van der Waals surface area contributed by atoms with E-state index in [2.05, 4.69) is 15.3 Å². The van der Waals surface area contributed by atoms with E-state index < -0.39 is 0 Å². The Labute approximate surface area is 177 Å². The first-order valence-corrected chi connectivity index (χ1v) is 10.1. The van der Waals surface area contributed by atoms with Crippen molar-refractivity contribution < 1.29 is 13.9 Å². The summed E-state index contributed by atoms with van der Waals surface area (Å²) in [6, 6.07) is 13.4. The average molecular weight is 420 g/mol. The van der Waals surface area contributed by atoms with E-state index in [0.29, 0.717) is 22.2 Å². The van der Waals surface area contributed by atoms with Crippen LogP contribution in [0.2, 0.25) is 0 Å². The highest BCUT2D eigenvalue weighted by atomic mass is 19.1. The maximum absolute atomic E-state index is 13.6. The summed E-state index contributed by atoms with van der Waals surface area (Å²) >= 11 is 0. The third-order valence-corrected chi connectivity index (χ3v) is 5.65. The lowest BCUT2D eigenvalue weighted by molar-refractivity contribution is 0.0947. The van der Waals surface area contributed by atoms with Crippen LogP contribution in [-0.2, 0) is 4.74 Å². The molecule has 1 saturated carbocycles. The third kappa shape index (κ3) is 3.94. The van der Waals surface area contributed by atoms with E-state index >= 15 is 0 Å². The van der Waals surface area contributed by atoms with Gasteiger partial charge in [0.15, 0.2) is 0 Å². The number of pyridine rings is 1. The molecule has 158 valence electrons. The number of methoxy groups -OCH3 is 1. The van der Waals surface area contributed by atoms with Gasteiger partial charge in [0.2, 0.25) is 0 Å². The largest absolute Gasteiger partial charge is 0.490 e. The summed E-state index contributed by atoms with van der Waals surface area (Å²) in [4.78, 5) is 15.2. The molecule has 5 rings (SSSR count). The number of nitrogens with one attached hydrogen (secondary N) is 1. The van der Waals surface area contributed by atoms with Crippen LogP contribution in [-0.4, -0.2) is 39.3 Å². The van der Waals surface area contributed by atoms with E-state index in [1.54, 1.807) is 24.1 Å². The molecule has 7 nitrogen and oxygen atoms in total. The third-order valence-electron chi connectivity index (χ3n) is 5.65. The van der Waals surface area contributed by atoms with Gasteiger partial charge < -0.3 is 14.5 Å². The van der Waals surface area contributed by atoms with Crippen molar-refractivity contribution in [2.45, 2.75) is 31.5 Å². The fraction of sp³-hybridized carbons (Fsp3) is 0.261. The SMILES string of the molecule is CO[C@H]1CC[C@@H](Oc2ccc(-n3cc(-c4cc5cc(F)ccc5[nH]c4=O)nn3)cc2)C1. The van der Waals surface area contributed by atoms with Gasteiger partial charge in [-0.15, -0.1) is 5.10 Å². The second-order valence-electron chi connectivity index (χ2n) is 7.70. The van der Waals surface area contributed by atoms with Gasteiger partial charge in [0.1, 0.15) is 23.4 Å². The van der Waals surface area contributed by atoms with Crippen molar-refractivity contribution in [3.63, 3.8) is 0 Å². The van der Waals surface area contributed by atoms with Gasteiger partial charge in [-0.25, -0.2) is 9.07 Å². The molecular formula is C23H21FN4O3. The number of hydrogen-bond donors (Lipinski definition) is 1. The fourth-order valence-electron chi connectivity index (χ4n) is 3.97. The highest BCUT2D eigenvalue weighted by molar-refractivity contribution is 5.82. The zero-order valence-corrected chi connectivity index (χ0v) is 16.9. The van der Waals surface area contributed by atoms with Crippen LogP contribution < -0.4 is 10.3 Å². The molecule has 4 aromatic rings. The zero-order chi connectivity index (χ0) is 21.4. The van der Waals surface area contributed by atoms with Gasteiger partial charge in [-0.2, -0.15) is 0 Å². The molecule has 0 bridgehead atoms. The highest BCUT2D eigenvalue weighted by Gasteiger charge is 2.25. The first-order valence-electron chi connectivity index (χ1n) is 10.1. The monoisotopic (exact) mass is 420 g/mol. The van der Waals surface area contributed by atoms with Crippen molar-refractivity contribution in [1.29, 1.82) is 0 Å². The predicted octanol–water partition coefficient (Wildman–Crippen LogP) is 3.86. The van der Waals surface area contributed by atoms with Crippen molar-refractivity contribution in [3.8, 4) is 22.7 Å². The molecule has 1 aliphatic carbocycles. The van der Waals surface area contributed by atoms with Gasteiger partial charge in [0, 0.05) is 24.4 Å². The zero-order valence-electron chi connectivity index (χ0n) is 16.9. The number of halogens is 1. The maximum Gasteiger partial charge on any atom is 0.258 e. The minimum absolute atomic E-state index is 0.165.